The normalized spacial score (nSPS) is 22.1. The van der Waals surface area contributed by atoms with Gasteiger partial charge in [0.05, 0.1) is 0 Å². The van der Waals surface area contributed by atoms with Crippen LogP contribution in [0.5, 0.6) is 0 Å². The van der Waals surface area contributed by atoms with Crippen LogP contribution in [0.15, 0.2) is 41.5 Å². The second-order valence-electron chi connectivity index (χ2n) is 9.15. The van der Waals surface area contributed by atoms with Gasteiger partial charge in [-0.25, -0.2) is 0 Å². The van der Waals surface area contributed by atoms with Gasteiger partial charge in [-0.05, 0) is 0 Å². The fourth-order valence-electron chi connectivity index (χ4n) is 4.25. The molecule has 0 heterocycles. The molecule has 132 valence electrons. The van der Waals surface area contributed by atoms with Gasteiger partial charge in [0.15, 0.2) is 0 Å². The molecule has 0 fully saturated rings. The Kier molecular flexibility index (Phi) is 7.60. The fraction of sp³-hybridized carbons (Fsp3) is 0.579. The molecule has 2 aliphatic carbocycles. The van der Waals surface area contributed by atoms with E-state index in [1.807, 2.05) is 6.56 Å². The predicted octanol–water partition coefficient (Wildman–Crippen LogP) is 6.29. The smallest absolute Gasteiger partial charge is 0.147 e. The van der Waals surface area contributed by atoms with E-state index in [4.69, 9.17) is 0 Å². The predicted molar refractivity (Wildman–Crippen MR) is 111 cm³/mol. The summed E-state index contributed by atoms with van der Waals surface area (Å²) in [6, 6.07) is 0. The van der Waals surface area contributed by atoms with Crippen molar-refractivity contribution in [3.63, 3.8) is 0 Å². The van der Waals surface area contributed by atoms with Crippen LogP contribution in [0.3, 0.4) is 0 Å². The van der Waals surface area contributed by atoms with E-state index in [1.165, 1.54) is 24.1 Å². The number of hydrogen-bond donors (Lipinski definition) is 0. The summed E-state index contributed by atoms with van der Waals surface area (Å²) in [6.45, 7) is 14.1. The molecular weight excluding hydrogens is 463 g/mol. The minimum absolute atomic E-state index is 0. The van der Waals surface area contributed by atoms with Gasteiger partial charge in [0.2, 0.25) is 0 Å². The SMILES string of the molecule is CC1=CC(C)[C]([Zr]([CH3])([CH3])(=[GeH2])[C]2=CC(C(C)(C)C)=CC2)=C1C.Cl.Cl. The second-order valence-corrected chi connectivity index (χ2v) is 51.6. The maximum absolute atomic E-state index is 2.88. The molecular formula is C19H34Cl2GeZr. The Labute approximate surface area is 161 Å². The average molecular weight is 497 g/mol. The summed E-state index contributed by atoms with van der Waals surface area (Å²) in [5.74, 6) is 0.666. The zero-order chi connectivity index (χ0) is 16.2. The van der Waals surface area contributed by atoms with Gasteiger partial charge >= 0.3 is 138 Å². The van der Waals surface area contributed by atoms with E-state index >= 15 is 0 Å². The maximum Gasteiger partial charge on any atom is -0.147 e. The van der Waals surface area contributed by atoms with Crippen molar-refractivity contribution in [2.45, 2.75) is 57.2 Å². The third-order valence-corrected chi connectivity index (χ3v) is 28.2. The minimum atomic E-state index is -2.88. The Morgan fingerprint density at radius 2 is 1.65 bits per heavy atom. The summed E-state index contributed by atoms with van der Waals surface area (Å²) in [5, 5.41) is 0. The van der Waals surface area contributed by atoms with E-state index < -0.39 is 15.7 Å². The van der Waals surface area contributed by atoms with Crippen LogP contribution in [0.1, 0.15) is 48.0 Å². The van der Waals surface area contributed by atoms with Crippen LogP contribution in [-0.2, 0) is 15.7 Å². The zero-order valence-corrected chi connectivity index (χ0v) is 23.1. The van der Waals surface area contributed by atoms with Crippen molar-refractivity contribution >= 4 is 37.0 Å². The second kappa shape index (κ2) is 7.30. The van der Waals surface area contributed by atoms with E-state index in [-0.39, 0.29) is 24.8 Å². The van der Waals surface area contributed by atoms with Crippen LogP contribution in [-0.4, -0.2) is 12.1 Å². The third-order valence-electron chi connectivity index (χ3n) is 5.58. The molecule has 1 unspecified atom stereocenters. The van der Waals surface area contributed by atoms with E-state index in [2.05, 4.69) is 69.0 Å². The molecule has 0 saturated carbocycles. The molecule has 0 aromatic rings. The van der Waals surface area contributed by atoms with Crippen molar-refractivity contribution in [3.05, 3.63) is 41.5 Å². The maximum atomic E-state index is 2.69. The summed E-state index contributed by atoms with van der Waals surface area (Å²) >= 11 is -1.39. The van der Waals surface area contributed by atoms with E-state index in [0.29, 0.717) is 11.3 Å². The Bertz CT molecular complexity index is 679. The van der Waals surface area contributed by atoms with Crippen molar-refractivity contribution in [2.75, 3.05) is 0 Å². The summed E-state index contributed by atoms with van der Waals surface area (Å²) in [4.78, 5) is 0. The third kappa shape index (κ3) is 4.39. The number of rotatable bonds is 2. The van der Waals surface area contributed by atoms with Crippen LogP contribution < -0.4 is 0 Å². The molecule has 0 amide bonds. The molecule has 0 nitrogen and oxygen atoms in total. The summed E-state index contributed by atoms with van der Waals surface area (Å²) in [6.07, 6.45) is 8.80. The Morgan fingerprint density at radius 3 is 2.00 bits per heavy atom. The molecule has 23 heavy (non-hydrogen) atoms. The van der Waals surface area contributed by atoms with Crippen LogP contribution in [0, 0.1) is 11.3 Å². The van der Waals surface area contributed by atoms with Gasteiger partial charge in [-0.1, -0.05) is 0 Å². The largest absolute Gasteiger partial charge is 0.147 e. The molecule has 0 aromatic heterocycles. The summed E-state index contributed by atoms with van der Waals surface area (Å²) in [5.41, 5.74) is 4.99. The van der Waals surface area contributed by atoms with Gasteiger partial charge in [0, 0.05) is 0 Å². The van der Waals surface area contributed by atoms with Gasteiger partial charge in [-0.15, -0.1) is 24.8 Å². The monoisotopic (exact) mass is 496 g/mol. The number of halogens is 2. The van der Waals surface area contributed by atoms with Crippen molar-refractivity contribution in [2.24, 2.45) is 11.3 Å². The first-order valence-corrected chi connectivity index (χ1v) is 26.1. The Balaban J connectivity index is 0.00000242. The Morgan fingerprint density at radius 1 is 1.13 bits per heavy atom. The molecule has 0 saturated heterocycles. The first-order valence-electron chi connectivity index (χ1n) is 8.22. The zero-order valence-electron chi connectivity index (χ0n) is 16.0. The van der Waals surface area contributed by atoms with E-state index in [9.17, 15) is 0 Å². The van der Waals surface area contributed by atoms with Gasteiger partial charge in [0.1, 0.15) is 0 Å². The molecule has 1 atom stereocenters. The summed E-state index contributed by atoms with van der Waals surface area (Å²) < 4.78 is 9.07. The molecule has 0 aromatic carbocycles. The topological polar surface area (TPSA) is 0 Å². The van der Waals surface area contributed by atoms with E-state index in [1.54, 1.807) is 11.1 Å². The van der Waals surface area contributed by atoms with Crippen molar-refractivity contribution in [1.82, 2.24) is 0 Å². The number of allylic oxidation sites excluding steroid dienone is 8. The van der Waals surface area contributed by atoms with Crippen molar-refractivity contribution in [1.29, 1.82) is 0 Å². The van der Waals surface area contributed by atoms with Gasteiger partial charge in [0.25, 0.3) is 0 Å². The first-order chi connectivity index (χ1) is 9.33. The van der Waals surface area contributed by atoms with E-state index in [0.717, 1.165) is 0 Å². The quantitative estimate of drug-likeness (QED) is 0.394. The van der Waals surface area contributed by atoms with Crippen LogP contribution in [0.4, 0.5) is 0 Å². The van der Waals surface area contributed by atoms with Crippen LogP contribution in [0.25, 0.3) is 0 Å². The number of hydrogen-bond acceptors (Lipinski definition) is 0. The van der Waals surface area contributed by atoms with Crippen LogP contribution >= 0.6 is 24.8 Å². The molecule has 0 spiro atoms. The minimum Gasteiger partial charge on any atom is -0.147 e. The van der Waals surface area contributed by atoms with Crippen molar-refractivity contribution < 1.29 is 15.7 Å². The van der Waals surface area contributed by atoms with Gasteiger partial charge in [-0.3, -0.25) is 0 Å². The molecule has 2 aliphatic rings. The molecule has 0 radical (unpaired) electrons. The van der Waals surface area contributed by atoms with Crippen molar-refractivity contribution in [3.8, 4) is 0 Å². The standard InChI is InChI=1S/C9H13.C8H11.2CH3.2ClH.GeH2.Zr/c1-9(2,3)8-6-4-5-7-8;1-6-4-7(2)8(3)5-6;;;;;;/h6-7H,4H2,1-3H3;4,6H,1-3H3;2*1H3;2*1H;1H2;. The molecule has 4 heteroatoms. The molecule has 2 rings (SSSR count). The summed E-state index contributed by atoms with van der Waals surface area (Å²) in [7, 11) is 0. The fourth-order valence-corrected chi connectivity index (χ4v) is 26.1. The van der Waals surface area contributed by atoms with Crippen LogP contribution in [0.2, 0.25) is 9.26 Å². The van der Waals surface area contributed by atoms with Gasteiger partial charge in [-0.2, -0.15) is 0 Å². The molecule has 0 bridgehead atoms. The average Bonchev–Trinajstić information content (AvgIpc) is 2.84. The Hall–Kier alpha value is 0.966. The van der Waals surface area contributed by atoms with Gasteiger partial charge < -0.3 is 0 Å². The molecule has 0 N–H and O–H groups in total. The molecule has 0 aliphatic heterocycles. The first kappa shape index (κ1) is 24.0.